The minimum atomic E-state index is -0.192. The molecule has 162 valence electrons. The van der Waals surface area contributed by atoms with Crippen molar-refractivity contribution in [2.75, 3.05) is 23.7 Å². The highest BCUT2D eigenvalue weighted by Gasteiger charge is 2.17. The maximum Gasteiger partial charge on any atom is 0.167 e. The van der Waals surface area contributed by atoms with Crippen molar-refractivity contribution in [1.82, 2.24) is 9.78 Å². The molecule has 1 aliphatic heterocycles. The van der Waals surface area contributed by atoms with Gasteiger partial charge in [0.2, 0.25) is 0 Å². The first-order valence-electron chi connectivity index (χ1n) is 11.0. The van der Waals surface area contributed by atoms with Gasteiger partial charge in [-0.25, -0.2) is 4.68 Å². The Bertz CT molecular complexity index is 1240. The zero-order chi connectivity index (χ0) is 22.1. The van der Waals surface area contributed by atoms with E-state index in [-0.39, 0.29) is 11.9 Å². The molecule has 0 spiro atoms. The summed E-state index contributed by atoms with van der Waals surface area (Å²) in [6.45, 7) is 1.69. The van der Waals surface area contributed by atoms with Gasteiger partial charge in [0.15, 0.2) is 5.78 Å². The van der Waals surface area contributed by atoms with Crippen LogP contribution in [0.5, 0.6) is 0 Å². The SMILES string of the molecule is Nc1ccc(-n2ncc3cc(CC(=O)c4ccc(N5CCC(O)CC5)cc4)ccc32)cc1. The van der Waals surface area contributed by atoms with Gasteiger partial charge in [0.05, 0.1) is 23.5 Å². The molecule has 0 radical (unpaired) electrons. The van der Waals surface area contributed by atoms with Crippen molar-refractivity contribution in [1.29, 1.82) is 0 Å². The van der Waals surface area contributed by atoms with Gasteiger partial charge in [0.25, 0.3) is 0 Å². The van der Waals surface area contributed by atoms with E-state index in [0.29, 0.717) is 17.7 Å². The van der Waals surface area contributed by atoms with E-state index in [1.807, 2.05) is 77.6 Å². The van der Waals surface area contributed by atoms with Gasteiger partial charge in [-0.2, -0.15) is 5.10 Å². The number of anilines is 2. The van der Waals surface area contributed by atoms with Gasteiger partial charge >= 0.3 is 0 Å². The van der Waals surface area contributed by atoms with E-state index in [4.69, 9.17) is 5.73 Å². The summed E-state index contributed by atoms with van der Waals surface area (Å²) < 4.78 is 1.87. The molecule has 1 fully saturated rings. The lowest BCUT2D eigenvalue weighted by Gasteiger charge is -2.31. The summed E-state index contributed by atoms with van der Waals surface area (Å²) in [7, 11) is 0. The van der Waals surface area contributed by atoms with Gasteiger partial charge in [0, 0.05) is 41.8 Å². The quantitative estimate of drug-likeness (QED) is 0.372. The fourth-order valence-electron chi connectivity index (χ4n) is 4.28. The maximum absolute atomic E-state index is 12.9. The van der Waals surface area contributed by atoms with E-state index in [2.05, 4.69) is 10.00 Å². The zero-order valence-corrected chi connectivity index (χ0v) is 17.8. The van der Waals surface area contributed by atoms with E-state index in [1.165, 1.54) is 0 Å². The van der Waals surface area contributed by atoms with Crippen LogP contribution >= 0.6 is 0 Å². The molecule has 32 heavy (non-hydrogen) atoms. The maximum atomic E-state index is 12.9. The number of aromatic nitrogens is 2. The van der Waals surface area contributed by atoms with Crippen LogP contribution in [0, 0.1) is 0 Å². The summed E-state index contributed by atoms with van der Waals surface area (Å²) in [4.78, 5) is 15.1. The highest BCUT2D eigenvalue weighted by Crippen LogP contribution is 2.23. The third-order valence-corrected chi connectivity index (χ3v) is 6.15. The first-order valence-corrected chi connectivity index (χ1v) is 11.0. The molecule has 1 aromatic heterocycles. The minimum absolute atomic E-state index is 0.0934. The fraction of sp³-hybridized carbons (Fsp3) is 0.231. The predicted octanol–water partition coefficient (Wildman–Crippen LogP) is 3.99. The lowest BCUT2D eigenvalue weighted by molar-refractivity contribution is 0.0993. The van der Waals surface area contributed by atoms with Crippen LogP contribution < -0.4 is 10.6 Å². The zero-order valence-electron chi connectivity index (χ0n) is 17.8. The molecule has 4 aromatic rings. The molecule has 3 N–H and O–H groups in total. The van der Waals surface area contributed by atoms with Crippen LogP contribution in [-0.4, -0.2) is 39.9 Å². The van der Waals surface area contributed by atoms with Crippen LogP contribution in [0.25, 0.3) is 16.6 Å². The summed E-state index contributed by atoms with van der Waals surface area (Å²) in [5.74, 6) is 0.0934. The Kier molecular flexibility index (Phi) is 5.37. The highest BCUT2D eigenvalue weighted by atomic mass is 16.3. The lowest BCUT2D eigenvalue weighted by atomic mass is 10.0. The molecule has 0 saturated carbocycles. The molecule has 1 saturated heterocycles. The molecule has 6 nitrogen and oxygen atoms in total. The minimum Gasteiger partial charge on any atom is -0.399 e. The number of fused-ring (bicyclic) bond motifs is 1. The number of rotatable bonds is 5. The number of nitrogens with zero attached hydrogens (tertiary/aromatic N) is 3. The van der Waals surface area contributed by atoms with E-state index < -0.39 is 0 Å². The summed E-state index contributed by atoms with van der Waals surface area (Å²) >= 11 is 0. The topological polar surface area (TPSA) is 84.4 Å². The number of nitrogen functional groups attached to an aromatic ring is 1. The van der Waals surface area contributed by atoms with Crippen molar-refractivity contribution in [2.24, 2.45) is 0 Å². The number of Topliss-reactive ketones (excluding diaryl/α,β-unsaturated/α-hetero) is 1. The Morgan fingerprint density at radius 1 is 0.969 bits per heavy atom. The first kappa shape index (κ1) is 20.3. The van der Waals surface area contributed by atoms with Gasteiger partial charge in [-0.3, -0.25) is 4.79 Å². The summed E-state index contributed by atoms with van der Waals surface area (Å²) in [5.41, 5.74) is 11.2. The second-order valence-corrected chi connectivity index (χ2v) is 8.41. The Morgan fingerprint density at radius 3 is 2.38 bits per heavy atom. The number of ketones is 1. The third-order valence-electron chi connectivity index (χ3n) is 6.15. The van der Waals surface area contributed by atoms with Crippen LogP contribution in [0.15, 0.2) is 72.9 Å². The van der Waals surface area contributed by atoms with Gasteiger partial charge < -0.3 is 15.7 Å². The second kappa shape index (κ2) is 8.48. The Hall–Kier alpha value is -3.64. The second-order valence-electron chi connectivity index (χ2n) is 8.41. The first-order chi connectivity index (χ1) is 15.6. The van der Waals surface area contributed by atoms with Crippen molar-refractivity contribution < 1.29 is 9.90 Å². The number of carbonyl (C=O) groups excluding carboxylic acids is 1. The molecule has 0 aliphatic carbocycles. The van der Waals surface area contributed by atoms with E-state index in [1.54, 1.807) is 0 Å². The number of hydrogen-bond donors (Lipinski definition) is 2. The van der Waals surface area contributed by atoms with Crippen LogP contribution in [0.2, 0.25) is 0 Å². The van der Waals surface area contributed by atoms with Gasteiger partial charge in [-0.05, 0) is 79.1 Å². The van der Waals surface area contributed by atoms with Crippen molar-refractivity contribution in [3.8, 4) is 5.69 Å². The third kappa shape index (κ3) is 4.09. The number of piperidine rings is 1. The average molecular weight is 427 g/mol. The molecule has 0 amide bonds. The van der Waals surface area contributed by atoms with Crippen molar-refractivity contribution in [2.45, 2.75) is 25.4 Å². The molecule has 5 rings (SSSR count). The molecule has 0 atom stereocenters. The number of benzene rings is 3. The van der Waals surface area contributed by atoms with Crippen LogP contribution in [0.1, 0.15) is 28.8 Å². The number of hydrogen-bond acceptors (Lipinski definition) is 5. The molecule has 1 aliphatic rings. The number of nitrogens with two attached hydrogens (primary N) is 1. The number of aliphatic hydroxyl groups is 1. The van der Waals surface area contributed by atoms with Crippen molar-refractivity contribution in [3.05, 3.63) is 84.1 Å². The highest BCUT2D eigenvalue weighted by molar-refractivity contribution is 5.98. The molecule has 6 heteroatoms. The van der Waals surface area contributed by atoms with Crippen molar-refractivity contribution in [3.63, 3.8) is 0 Å². The Labute approximate surface area is 186 Å². The number of aliphatic hydroxyl groups excluding tert-OH is 1. The molecule has 2 heterocycles. The molecular formula is C26H26N4O2. The normalized spacial score (nSPS) is 14.7. The lowest BCUT2D eigenvalue weighted by Crippen LogP contribution is -2.35. The predicted molar refractivity (Wildman–Crippen MR) is 127 cm³/mol. The summed E-state index contributed by atoms with van der Waals surface area (Å²) in [6.07, 6.45) is 3.56. The standard InChI is InChI=1S/C26H26N4O2/c27-21-4-8-23(9-5-21)30-25-10-1-18(15-20(25)17-28-30)16-26(32)19-2-6-22(7-3-19)29-13-11-24(31)12-14-29/h1-10,15,17,24,31H,11-14,16,27H2. The molecular weight excluding hydrogens is 400 g/mol. The Morgan fingerprint density at radius 2 is 1.66 bits per heavy atom. The van der Waals surface area contributed by atoms with E-state index in [0.717, 1.165) is 53.8 Å². The molecule has 0 unspecified atom stereocenters. The summed E-state index contributed by atoms with van der Waals surface area (Å²) in [6, 6.07) is 21.4. The summed E-state index contributed by atoms with van der Waals surface area (Å²) in [5, 5.41) is 15.2. The van der Waals surface area contributed by atoms with Crippen molar-refractivity contribution >= 4 is 28.1 Å². The largest absolute Gasteiger partial charge is 0.399 e. The monoisotopic (exact) mass is 426 g/mol. The van der Waals surface area contributed by atoms with Crippen LogP contribution in [0.4, 0.5) is 11.4 Å². The van der Waals surface area contributed by atoms with E-state index in [9.17, 15) is 9.90 Å². The van der Waals surface area contributed by atoms with Gasteiger partial charge in [-0.15, -0.1) is 0 Å². The smallest absolute Gasteiger partial charge is 0.167 e. The number of carbonyl (C=O) groups is 1. The molecule has 0 bridgehead atoms. The van der Waals surface area contributed by atoms with E-state index >= 15 is 0 Å². The average Bonchev–Trinajstić information content (AvgIpc) is 3.23. The molecule has 3 aromatic carbocycles. The van der Waals surface area contributed by atoms with Crippen LogP contribution in [-0.2, 0) is 6.42 Å². The van der Waals surface area contributed by atoms with Gasteiger partial charge in [-0.1, -0.05) is 6.07 Å². The fourth-order valence-corrected chi connectivity index (χ4v) is 4.28. The van der Waals surface area contributed by atoms with Gasteiger partial charge in [0.1, 0.15) is 0 Å². The Balaban J connectivity index is 1.30. The van der Waals surface area contributed by atoms with Crippen LogP contribution in [0.3, 0.4) is 0 Å².